The second-order valence-corrected chi connectivity index (χ2v) is 6.32. The van der Waals surface area contributed by atoms with Crippen LogP contribution in [0.4, 0.5) is 9.80 Å². The summed E-state index contributed by atoms with van der Waals surface area (Å²) < 4.78 is 4.14. The van der Waals surface area contributed by atoms with E-state index in [-0.39, 0.29) is 6.03 Å². The zero-order valence-corrected chi connectivity index (χ0v) is 11.9. The molecule has 0 unspecified atom stereocenters. The van der Waals surface area contributed by atoms with Gasteiger partial charge < -0.3 is 4.90 Å². The van der Waals surface area contributed by atoms with E-state index in [9.17, 15) is 4.79 Å². The second-order valence-electron chi connectivity index (χ2n) is 5.17. The Bertz CT molecular complexity index is 468. The van der Waals surface area contributed by atoms with E-state index in [1.807, 2.05) is 11.8 Å². The van der Waals surface area contributed by atoms with Gasteiger partial charge in [0.2, 0.25) is 0 Å². The molecule has 2 bridgehead atoms. The molecule has 1 N–H and O–H groups in total. The molecule has 2 aliphatic heterocycles. The minimum atomic E-state index is -0.0186. The molecule has 0 radical (unpaired) electrons. The van der Waals surface area contributed by atoms with Crippen LogP contribution in [0.3, 0.4) is 0 Å². The summed E-state index contributed by atoms with van der Waals surface area (Å²) >= 11 is 7.33. The Morgan fingerprint density at radius 2 is 2.17 bits per heavy atom. The lowest BCUT2D eigenvalue weighted by Crippen LogP contribution is -2.52. The van der Waals surface area contributed by atoms with E-state index >= 15 is 0 Å². The first kappa shape index (κ1) is 12.2. The Balaban J connectivity index is 1.70. The molecule has 1 saturated carbocycles. The quantitative estimate of drug-likeness (QED) is 0.858. The highest BCUT2D eigenvalue weighted by Crippen LogP contribution is 2.36. The number of anilines is 1. The number of amides is 2. The molecular weight excluding hydrogens is 270 g/mol. The summed E-state index contributed by atoms with van der Waals surface area (Å²) in [6, 6.07) is 0.401. The fourth-order valence-electron chi connectivity index (χ4n) is 2.92. The Labute approximate surface area is 115 Å². The molecule has 4 nitrogen and oxygen atoms in total. The molecular formula is C12H16ClN3OS. The van der Waals surface area contributed by atoms with Gasteiger partial charge in [0.15, 0.2) is 0 Å². The maximum Gasteiger partial charge on any atom is 0.322 e. The Morgan fingerprint density at radius 1 is 1.44 bits per heavy atom. The van der Waals surface area contributed by atoms with Gasteiger partial charge in [0.1, 0.15) is 5.00 Å². The molecule has 98 valence electrons. The average molecular weight is 286 g/mol. The van der Waals surface area contributed by atoms with Gasteiger partial charge in [-0.05, 0) is 50.1 Å². The molecule has 3 fully saturated rings. The van der Waals surface area contributed by atoms with Crippen molar-refractivity contribution in [3.8, 4) is 0 Å². The van der Waals surface area contributed by atoms with Crippen LogP contribution < -0.4 is 5.32 Å². The fourth-order valence-corrected chi connectivity index (χ4v) is 3.84. The van der Waals surface area contributed by atoms with E-state index < -0.39 is 0 Å². The second kappa shape index (κ2) is 4.70. The number of piperidine rings is 2. The lowest BCUT2D eigenvalue weighted by atomic mass is 9.80. The highest BCUT2D eigenvalue weighted by Gasteiger charge is 2.36. The molecule has 18 heavy (non-hydrogen) atoms. The number of hydrogen-bond donors (Lipinski definition) is 1. The number of rotatable bonds is 1. The molecule has 0 atom stereocenters. The molecule has 1 aromatic rings. The zero-order chi connectivity index (χ0) is 12.7. The van der Waals surface area contributed by atoms with Crippen molar-refractivity contribution in [2.24, 2.45) is 5.92 Å². The lowest BCUT2D eigenvalue weighted by Gasteiger charge is -2.45. The van der Waals surface area contributed by atoms with E-state index in [2.05, 4.69) is 9.69 Å². The summed E-state index contributed by atoms with van der Waals surface area (Å²) in [5.41, 5.74) is 0.775. The predicted octanol–water partition coefficient (Wildman–Crippen LogP) is 3.51. The average Bonchev–Trinajstić information content (AvgIpc) is 2.72. The van der Waals surface area contributed by atoms with Crippen molar-refractivity contribution in [3.63, 3.8) is 0 Å². The third-order valence-electron chi connectivity index (χ3n) is 3.98. The number of nitrogens with one attached hydrogen (secondary N) is 1. The van der Waals surface area contributed by atoms with Crippen LogP contribution in [0.5, 0.6) is 0 Å². The monoisotopic (exact) mass is 285 g/mol. The number of fused-ring (bicyclic) bond motifs is 3. The normalized spacial score (nSPS) is 26.4. The number of urea groups is 1. The number of halogens is 1. The van der Waals surface area contributed by atoms with Gasteiger partial charge in [-0.2, -0.15) is 4.37 Å². The lowest BCUT2D eigenvalue weighted by molar-refractivity contribution is 0.0816. The SMILES string of the molecule is Cc1nsc(NC(=O)N2CC3CCC2CC3)c1Cl. The third-order valence-corrected chi connectivity index (χ3v) is 5.41. The van der Waals surface area contributed by atoms with Crippen molar-refractivity contribution < 1.29 is 4.79 Å². The number of carbonyl (C=O) groups is 1. The molecule has 1 aliphatic carbocycles. The van der Waals surface area contributed by atoms with E-state index in [0.29, 0.717) is 22.0 Å². The van der Waals surface area contributed by atoms with Crippen molar-refractivity contribution in [3.05, 3.63) is 10.7 Å². The zero-order valence-electron chi connectivity index (χ0n) is 10.3. The van der Waals surface area contributed by atoms with Gasteiger partial charge >= 0.3 is 6.03 Å². The van der Waals surface area contributed by atoms with E-state index in [1.165, 1.54) is 24.4 Å². The minimum Gasteiger partial charge on any atom is -0.321 e. The number of hydrogen-bond acceptors (Lipinski definition) is 3. The maximum atomic E-state index is 12.3. The van der Waals surface area contributed by atoms with Crippen LogP contribution in [-0.4, -0.2) is 27.9 Å². The highest BCUT2D eigenvalue weighted by atomic mass is 35.5. The summed E-state index contributed by atoms with van der Waals surface area (Å²) in [5, 5.41) is 4.13. The number of nitrogens with zero attached hydrogens (tertiary/aromatic N) is 2. The molecule has 2 amide bonds. The van der Waals surface area contributed by atoms with E-state index in [4.69, 9.17) is 11.6 Å². The smallest absolute Gasteiger partial charge is 0.321 e. The summed E-state index contributed by atoms with van der Waals surface area (Å²) in [6.07, 6.45) is 4.84. The molecule has 3 aliphatic rings. The van der Waals surface area contributed by atoms with Gasteiger partial charge in [0.25, 0.3) is 0 Å². The van der Waals surface area contributed by atoms with Gasteiger partial charge in [-0.15, -0.1) is 0 Å². The van der Waals surface area contributed by atoms with Crippen LogP contribution in [0.2, 0.25) is 5.02 Å². The first-order valence-corrected chi connectivity index (χ1v) is 7.49. The topological polar surface area (TPSA) is 45.2 Å². The van der Waals surface area contributed by atoms with Gasteiger partial charge in [-0.3, -0.25) is 5.32 Å². The summed E-state index contributed by atoms with van der Waals surface area (Å²) in [6.45, 7) is 2.74. The van der Waals surface area contributed by atoms with Gasteiger partial charge in [0.05, 0.1) is 10.7 Å². The van der Waals surface area contributed by atoms with Gasteiger partial charge in [-0.1, -0.05) is 11.6 Å². The van der Waals surface area contributed by atoms with Crippen LogP contribution in [0.1, 0.15) is 31.4 Å². The number of carbonyl (C=O) groups excluding carboxylic acids is 1. The summed E-state index contributed by atoms with van der Waals surface area (Å²) in [5.74, 6) is 0.694. The molecule has 2 saturated heterocycles. The number of aryl methyl sites for hydroxylation is 1. The van der Waals surface area contributed by atoms with Crippen molar-refractivity contribution >= 4 is 34.2 Å². The predicted molar refractivity (Wildman–Crippen MR) is 73.3 cm³/mol. The minimum absolute atomic E-state index is 0.0186. The summed E-state index contributed by atoms with van der Waals surface area (Å²) in [7, 11) is 0. The van der Waals surface area contributed by atoms with Crippen LogP contribution in [0.15, 0.2) is 0 Å². The Morgan fingerprint density at radius 3 is 2.67 bits per heavy atom. The molecule has 1 aromatic heterocycles. The van der Waals surface area contributed by atoms with Gasteiger partial charge in [0, 0.05) is 12.6 Å². The van der Waals surface area contributed by atoms with Crippen molar-refractivity contribution in [1.29, 1.82) is 0 Å². The molecule has 4 rings (SSSR count). The van der Waals surface area contributed by atoms with E-state index in [1.54, 1.807) is 0 Å². The van der Waals surface area contributed by atoms with Crippen LogP contribution in [0, 0.1) is 12.8 Å². The van der Waals surface area contributed by atoms with Crippen LogP contribution >= 0.6 is 23.1 Å². The molecule has 0 aromatic carbocycles. The first-order valence-electron chi connectivity index (χ1n) is 6.34. The Kier molecular flexibility index (Phi) is 3.20. The highest BCUT2D eigenvalue weighted by molar-refractivity contribution is 7.11. The van der Waals surface area contributed by atoms with Crippen LogP contribution in [-0.2, 0) is 0 Å². The Hall–Kier alpha value is -0.810. The standard InChI is InChI=1S/C12H16ClN3OS/c1-7-10(13)11(18-15-7)14-12(17)16-6-8-2-4-9(16)5-3-8/h8-9H,2-6H2,1H3,(H,14,17). The molecule has 3 heterocycles. The maximum absolute atomic E-state index is 12.3. The number of aromatic nitrogens is 1. The largest absolute Gasteiger partial charge is 0.322 e. The summed E-state index contributed by atoms with van der Waals surface area (Å²) in [4.78, 5) is 14.2. The van der Waals surface area contributed by atoms with Crippen molar-refractivity contribution in [1.82, 2.24) is 9.27 Å². The van der Waals surface area contributed by atoms with Crippen molar-refractivity contribution in [2.75, 3.05) is 11.9 Å². The van der Waals surface area contributed by atoms with Crippen LogP contribution in [0.25, 0.3) is 0 Å². The third kappa shape index (κ3) is 2.10. The molecule has 0 spiro atoms. The van der Waals surface area contributed by atoms with Gasteiger partial charge in [-0.25, -0.2) is 4.79 Å². The first-order chi connectivity index (χ1) is 8.65. The van der Waals surface area contributed by atoms with Crippen molar-refractivity contribution in [2.45, 2.75) is 38.6 Å². The molecule has 6 heteroatoms. The fraction of sp³-hybridized carbons (Fsp3) is 0.667. The van der Waals surface area contributed by atoms with E-state index in [0.717, 1.165) is 25.1 Å².